The Labute approximate surface area is 161 Å². The van der Waals surface area contributed by atoms with E-state index in [4.69, 9.17) is 11.6 Å². The highest BCUT2D eigenvalue weighted by molar-refractivity contribution is 8.00. The Morgan fingerprint density at radius 1 is 1.19 bits per heavy atom. The third kappa shape index (κ3) is 4.97. The quantitative estimate of drug-likeness (QED) is 0.726. The SMILES string of the molecule is CC(Sc1ccc(F)cc1)C(=O)Nc1ccc(Cl)c(S(=O)(=O)N(C)C)c1. The van der Waals surface area contributed by atoms with Crippen LogP contribution >= 0.6 is 23.4 Å². The van der Waals surface area contributed by atoms with Crippen LogP contribution in [0.1, 0.15) is 6.92 Å². The largest absolute Gasteiger partial charge is 0.325 e. The van der Waals surface area contributed by atoms with Gasteiger partial charge in [0, 0.05) is 24.7 Å². The molecule has 26 heavy (non-hydrogen) atoms. The van der Waals surface area contributed by atoms with Crippen molar-refractivity contribution in [2.75, 3.05) is 19.4 Å². The summed E-state index contributed by atoms with van der Waals surface area (Å²) in [5, 5.41) is 2.28. The van der Waals surface area contributed by atoms with Gasteiger partial charge < -0.3 is 5.32 Å². The number of thioether (sulfide) groups is 1. The lowest BCUT2D eigenvalue weighted by Gasteiger charge is -2.15. The minimum atomic E-state index is -3.73. The third-order valence-electron chi connectivity index (χ3n) is 3.45. The lowest BCUT2D eigenvalue weighted by Crippen LogP contribution is -2.24. The van der Waals surface area contributed by atoms with Gasteiger partial charge in [-0.3, -0.25) is 4.79 Å². The van der Waals surface area contributed by atoms with Gasteiger partial charge in [0.1, 0.15) is 10.7 Å². The average Bonchev–Trinajstić information content (AvgIpc) is 2.58. The van der Waals surface area contributed by atoms with Crippen LogP contribution in [0.4, 0.5) is 10.1 Å². The van der Waals surface area contributed by atoms with Crippen LogP contribution in [0.5, 0.6) is 0 Å². The van der Waals surface area contributed by atoms with Crippen LogP contribution < -0.4 is 5.32 Å². The van der Waals surface area contributed by atoms with Crippen LogP contribution in [0.3, 0.4) is 0 Å². The molecule has 0 spiro atoms. The first-order valence-corrected chi connectivity index (χ1v) is 10.3. The first-order valence-electron chi connectivity index (χ1n) is 7.56. The van der Waals surface area contributed by atoms with Gasteiger partial charge in [-0.2, -0.15) is 0 Å². The molecule has 0 aliphatic heterocycles. The van der Waals surface area contributed by atoms with Gasteiger partial charge in [0.05, 0.1) is 10.3 Å². The van der Waals surface area contributed by atoms with Crippen molar-refractivity contribution in [2.45, 2.75) is 22.0 Å². The Morgan fingerprint density at radius 3 is 2.38 bits per heavy atom. The summed E-state index contributed by atoms with van der Waals surface area (Å²) in [6.45, 7) is 1.71. The van der Waals surface area contributed by atoms with Gasteiger partial charge >= 0.3 is 0 Å². The number of carbonyl (C=O) groups excluding carboxylic acids is 1. The number of rotatable bonds is 6. The molecule has 140 valence electrons. The van der Waals surface area contributed by atoms with Gasteiger partial charge in [-0.1, -0.05) is 11.6 Å². The van der Waals surface area contributed by atoms with Crippen molar-refractivity contribution in [1.29, 1.82) is 0 Å². The van der Waals surface area contributed by atoms with E-state index in [9.17, 15) is 17.6 Å². The molecular formula is C17H18ClFN2O3S2. The predicted octanol–water partition coefficient (Wildman–Crippen LogP) is 3.85. The zero-order chi connectivity index (χ0) is 19.5. The average molecular weight is 417 g/mol. The van der Waals surface area contributed by atoms with Crippen molar-refractivity contribution in [3.05, 3.63) is 53.3 Å². The number of hydrogen-bond donors (Lipinski definition) is 1. The Hall–Kier alpha value is -1.61. The monoisotopic (exact) mass is 416 g/mol. The van der Waals surface area contributed by atoms with Crippen LogP contribution in [0, 0.1) is 5.82 Å². The van der Waals surface area contributed by atoms with E-state index in [0.29, 0.717) is 5.69 Å². The van der Waals surface area contributed by atoms with Crippen LogP contribution in [-0.4, -0.2) is 38.0 Å². The number of carbonyl (C=O) groups is 1. The molecule has 5 nitrogen and oxygen atoms in total. The van der Waals surface area contributed by atoms with Gasteiger partial charge in [-0.15, -0.1) is 11.8 Å². The summed E-state index contributed by atoms with van der Waals surface area (Å²) in [6, 6.07) is 10.1. The Balaban J connectivity index is 2.15. The number of halogens is 2. The first-order chi connectivity index (χ1) is 12.1. The van der Waals surface area contributed by atoms with Gasteiger partial charge in [-0.05, 0) is 49.4 Å². The molecule has 0 aliphatic rings. The molecule has 9 heteroatoms. The van der Waals surface area contributed by atoms with E-state index in [1.807, 2.05) is 0 Å². The minimum Gasteiger partial charge on any atom is -0.325 e. The molecule has 2 aromatic carbocycles. The van der Waals surface area contributed by atoms with Crippen molar-refractivity contribution in [3.63, 3.8) is 0 Å². The number of nitrogens with zero attached hydrogens (tertiary/aromatic N) is 1. The summed E-state index contributed by atoms with van der Waals surface area (Å²) in [6.07, 6.45) is 0. The molecule has 0 saturated heterocycles. The molecule has 2 aromatic rings. The van der Waals surface area contributed by atoms with Gasteiger partial charge in [0.25, 0.3) is 0 Å². The highest BCUT2D eigenvalue weighted by Gasteiger charge is 2.22. The predicted molar refractivity (Wildman–Crippen MR) is 103 cm³/mol. The second-order valence-electron chi connectivity index (χ2n) is 5.64. The van der Waals surface area contributed by atoms with Crippen molar-refractivity contribution in [3.8, 4) is 0 Å². The zero-order valence-corrected chi connectivity index (χ0v) is 16.8. The molecule has 0 fully saturated rings. The topological polar surface area (TPSA) is 66.5 Å². The number of sulfonamides is 1. The molecule has 1 atom stereocenters. The summed E-state index contributed by atoms with van der Waals surface area (Å²) >= 11 is 7.26. The number of anilines is 1. The fraction of sp³-hybridized carbons (Fsp3) is 0.235. The third-order valence-corrected chi connectivity index (χ3v) is 6.86. The smallest absolute Gasteiger partial charge is 0.244 e. The van der Waals surface area contributed by atoms with E-state index in [2.05, 4.69) is 5.32 Å². The molecule has 0 saturated carbocycles. The van der Waals surface area contributed by atoms with Crippen LogP contribution in [0.25, 0.3) is 0 Å². The van der Waals surface area contributed by atoms with Crippen LogP contribution in [-0.2, 0) is 14.8 Å². The number of hydrogen-bond acceptors (Lipinski definition) is 4. The van der Waals surface area contributed by atoms with E-state index >= 15 is 0 Å². The minimum absolute atomic E-state index is 0.0745. The summed E-state index contributed by atoms with van der Waals surface area (Å²) < 4.78 is 38.6. The molecule has 0 aromatic heterocycles. The zero-order valence-electron chi connectivity index (χ0n) is 14.4. The second kappa shape index (κ2) is 8.39. The lowest BCUT2D eigenvalue weighted by atomic mass is 10.3. The van der Waals surface area contributed by atoms with E-state index < -0.39 is 15.3 Å². The fourth-order valence-corrected chi connectivity index (χ4v) is 4.25. The molecule has 2 rings (SSSR count). The number of benzene rings is 2. The van der Waals surface area contributed by atoms with Gasteiger partial charge in [0.2, 0.25) is 15.9 Å². The standard InChI is InChI=1S/C17H18ClFN2O3S2/c1-11(25-14-7-4-12(19)5-8-14)17(22)20-13-6-9-15(18)16(10-13)26(23,24)21(2)3/h4-11H,1-3H3,(H,20,22). The molecule has 0 bridgehead atoms. The molecular weight excluding hydrogens is 399 g/mol. The Kier molecular flexibility index (Phi) is 6.68. The van der Waals surface area contributed by atoms with E-state index in [0.717, 1.165) is 9.20 Å². The molecule has 1 unspecified atom stereocenters. The fourth-order valence-electron chi connectivity index (χ4n) is 1.99. The Morgan fingerprint density at radius 2 is 1.81 bits per heavy atom. The van der Waals surface area contributed by atoms with Crippen molar-refractivity contribution in [1.82, 2.24) is 4.31 Å². The van der Waals surface area contributed by atoms with E-state index in [-0.39, 0.29) is 21.6 Å². The molecule has 0 aliphatic carbocycles. The first kappa shape index (κ1) is 20.7. The second-order valence-corrected chi connectivity index (χ2v) is 9.58. The highest BCUT2D eigenvalue weighted by atomic mass is 35.5. The normalized spacial score (nSPS) is 12.8. The molecule has 1 N–H and O–H groups in total. The number of nitrogens with one attached hydrogen (secondary N) is 1. The molecule has 1 amide bonds. The maximum absolute atomic E-state index is 12.9. The van der Waals surface area contributed by atoms with Crippen molar-refractivity contribution >= 4 is 45.0 Å². The number of amides is 1. The summed E-state index contributed by atoms with van der Waals surface area (Å²) in [4.78, 5) is 13.0. The maximum atomic E-state index is 12.9. The van der Waals surface area contributed by atoms with Crippen molar-refractivity contribution < 1.29 is 17.6 Å². The van der Waals surface area contributed by atoms with Gasteiger partial charge in [0.15, 0.2) is 0 Å². The highest BCUT2D eigenvalue weighted by Crippen LogP contribution is 2.28. The summed E-state index contributed by atoms with van der Waals surface area (Å²) in [5.74, 6) is -0.655. The van der Waals surface area contributed by atoms with Crippen molar-refractivity contribution in [2.24, 2.45) is 0 Å². The molecule has 0 radical (unpaired) electrons. The van der Waals surface area contributed by atoms with E-state index in [1.54, 1.807) is 19.1 Å². The molecule has 0 heterocycles. The lowest BCUT2D eigenvalue weighted by molar-refractivity contribution is -0.115. The maximum Gasteiger partial charge on any atom is 0.244 e. The van der Waals surface area contributed by atoms with Gasteiger partial charge in [-0.25, -0.2) is 17.1 Å². The van der Waals surface area contributed by atoms with E-state index in [1.165, 1.54) is 56.2 Å². The van der Waals surface area contributed by atoms with Crippen LogP contribution in [0.2, 0.25) is 5.02 Å². The van der Waals surface area contributed by atoms with Crippen LogP contribution in [0.15, 0.2) is 52.3 Å². The Bertz CT molecular complexity index is 903. The summed E-state index contributed by atoms with van der Waals surface area (Å²) in [5.41, 5.74) is 0.325. The summed E-state index contributed by atoms with van der Waals surface area (Å²) in [7, 11) is -0.927.